The minimum atomic E-state index is -4.65. The van der Waals surface area contributed by atoms with E-state index in [2.05, 4.69) is 15.3 Å². The van der Waals surface area contributed by atoms with E-state index in [9.17, 15) is 23.4 Å². The van der Waals surface area contributed by atoms with Crippen LogP contribution in [0, 0.1) is 0 Å². The van der Waals surface area contributed by atoms with Crippen molar-refractivity contribution in [1.82, 2.24) is 9.97 Å². The SMILES string of the molecule is CO[C@@H]1O[C@H](CO)[C@H](O)[C@H](O)[C@H]1Nc1nccc(C(F)(F)F)n1. The smallest absolute Gasteiger partial charge is 0.394 e. The molecule has 2 rings (SSSR count). The first-order valence-electron chi connectivity index (χ1n) is 6.60. The molecule has 0 aliphatic carbocycles. The molecule has 0 saturated carbocycles. The predicted molar refractivity (Wildman–Crippen MR) is 69.2 cm³/mol. The summed E-state index contributed by atoms with van der Waals surface area (Å²) in [4.78, 5) is 6.94. The molecule has 0 bridgehead atoms. The van der Waals surface area contributed by atoms with Crippen LogP contribution in [0.1, 0.15) is 5.69 Å². The van der Waals surface area contributed by atoms with E-state index >= 15 is 0 Å². The molecule has 0 unspecified atom stereocenters. The molecule has 4 N–H and O–H groups in total. The number of methoxy groups -OCH3 is 1. The third-order valence-electron chi connectivity index (χ3n) is 3.35. The quantitative estimate of drug-likeness (QED) is 0.572. The van der Waals surface area contributed by atoms with Crippen molar-refractivity contribution < 1.29 is 38.0 Å². The van der Waals surface area contributed by atoms with Gasteiger partial charge < -0.3 is 30.1 Å². The molecule has 1 aliphatic rings. The minimum absolute atomic E-state index is 0.413. The summed E-state index contributed by atoms with van der Waals surface area (Å²) in [5.41, 5.74) is -1.16. The van der Waals surface area contributed by atoms with Crippen LogP contribution in [0.3, 0.4) is 0 Å². The summed E-state index contributed by atoms with van der Waals surface area (Å²) in [5.74, 6) is -0.413. The zero-order valence-corrected chi connectivity index (χ0v) is 11.9. The number of nitrogens with zero attached hydrogens (tertiary/aromatic N) is 2. The van der Waals surface area contributed by atoms with Gasteiger partial charge in [-0.2, -0.15) is 13.2 Å². The number of aromatic nitrogens is 2. The van der Waals surface area contributed by atoms with Crippen molar-refractivity contribution in [2.24, 2.45) is 0 Å². The van der Waals surface area contributed by atoms with Gasteiger partial charge in [-0.3, -0.25) is 0 Å². The lowest BCUT2D eigenvalue weighted by atomic mass is 9.97. The highest BCUT2D eigenvalue weighted by molar-refractivity contribution is 5.29. The second-order valence-electron chi connectivity index (χ2n) is 4.88. The molecule has 0 radical (unpaired) electrons. The van der Waals surface area contributed by atoms with Gasteiger partial charge in [0.05, 0.1) is 6.61 Å². The van der Waals surface area contributed by atoms with Crippen molar-refractivity contribution in [3.05, 3.63) is 18.0 Å². The fourth-order valence-electron chi connectivity index (χ4n) is 2.17. The van der Waals surface area contributed by atoms with E-state index in [1.165, 1.54) is 7.11 Å². The largest absolute Gasteiger partial charge is 0.433 e. The zero-order valence-electron chi connectivity index (χ0n) is 11.9. The van der Waals surface area contributed by atoms with Crippen LogP contribution in [0.5, 0.6) is 0 Å². The molecule has 23 heavy (non-hydrogen) atoms. The Morgan fingerprint density at radius 2 is 2.04 bits per heavy atom. The van der Waals surface area contributed by atoms with Gasteiger partial charge in [-0.15, -0.1) is 0 Å². The number of hydrogen-bond acceptors (Lipinski definition) is 8. The van der Waals surface area contributed by atoms with E-state index in [0.717, 1.165) is 6.20 Å². The number of rotatable bonds is 4. The van der Waals surface area contributed by atoms with Crippen LogP contribution < -0.4 is 5.32 Å². The van der Waals surface area contributed by atoms with Gasteiger partial charge in [0, 0.05) is 13.3 Å². The predicted octanol–water partition coefficient (Wildman–Crippen LogP) is -0.639. The minimum Gasteiger partial charge on any atom is -0.394 e. The molecule has 0 aromatic carbocycles. The Bertz CT molecular complexity index is 531. The van der Waals surface area contributed by atoms with Gasteiger partial charge in [0.15, 0.2) is 6.29 Å². The third kappa shape index (κ3) is 3.87. The summed E-state index contributed by atoms with van der Waals surface area (Å²) in [6.07, 6.45) is -8.91. The molecule has 5 atom stereocenters. The van der Waals surface area contributed by atoms with Gasteiger partial charge in [-0.05, 0) is 6.07 Å². The van der Waals surface area contributed by atoms with E-state index in [0.29, 0.717) is 6.07 Å². The van der Waals surface area contributed by atoms with Crippen LogP contribution in [-0.2, 0) is 15.7 Å². The fraction of sp³-hybridized carbons (Fsp3) is 0.667. The first-order chi connectivity index (χ1) is 10.8. The van der Waals surface area contributed by atoms with Crippen molar-refractivity contribution in [1.29, 1.82) is 0 Å². The average Bonchev–Trinajstić information content (AvgIpc) is 2.52. The maximum absolute atomic E-state index is 12.6. The Morgan fingerprint density at radius 1 is 1.35 bits per heavy atom. The van der Waals surface area contributed by atoms with Crippen molar-refractivity contribution in [2.75, 3.05) is 19.0 Å². The fourth-order valence-corrected chi connectivity index (χ4v) is 2.17. The van der Waals surface area contributed by atoms with Gasteiger partial charge in [0.1, 0.15) is 30.0 Å². The van der Waals surface area contributed by atoms with Crippen LogP contribution in [-0.4, -0.2) is 69.6 Å². The van der Waals surface area contributed by atoms with E-state index in [-0.39, 0.29) is 0 Å². The van der Waals surface area contributed by atoms with E-state index < -0.39 is 55.1 Å². The van der Waals surface area contributed by atoms with Crippen LogP contribution in [0.25, 0.3) is 0 Å². The highest BCUT2D eigenvalue weighted by atomic mass is 19.4. The van der Waals surface area contributed by atoms with Gasteiger partial charge >= 0.3 is 6.18 Å². The summed E-state index contributed by atoms with van der Waals surface area (Å²) in [5, 5.41) is 31.4. The number of halogens is 3. The van der Waals surface area contributed by atoms with Gasteiger partial charge in [0.2, 0.25) is 5.95 Å². The maximum Gasteiger partial charge on any atom is 0.433 e. The number of anilines is 1. The highest BCUT2D eigenvalue weighted by Crippen LogP contribution is 2.28. The third-order valence-corrected chi connectivity index (χ3v) is 3.35. The number of aliphatic hydroxyl groups is 3. The van der Waals surface area contributed by atoms with E-state index in [1.807, 2.05) is 0 Å². The summed E-state index contributed by atoms with van der Waals surface area (Å²) in [6, 6.07) is -0.440. The molecule has 130 valence electrons. The van der Waals surface area contributed by atoms with Crippen molar-refractivity contribution in [2.45, 2.75) is 36.8 Å². The molecular formula is C12H16F3N3O5. The molecule has 2 heterocycles. The monoisotopic (exact) mass is 339 g/mol. The number of ether oxygens (including phenoxy) is 2. The Morgan fingerprint density at radius 3 is 2.61 bits per heavy atom. The van der Waals surface area contributed by atoms with Crippen LogP contribution >= 0.6 is 0 Å². The molecule has 1 saturated heterocycles. The number of alkyl halides is 3. The van der Waals surface area contributed by atoms with Gasteiger partial charge in [-0.1, -0.05) is 0 Å². The summed E-state index contributed by atoms with van der Waals surface area (Å²) in [6.45, 7) is -0.565. The lowest BCUT2D eigenvalue weighted by molar-refractivity contribution is -0.254. The molecule has 11 heteroatoms. The Hall–Kier alpha value is -1.53. The summed E-state index contributed by atoms with van der Waals surface area (Å²) < 4.78 is 48.1. The maximum atomic E-state index is 12.6. The average molecular weight is 339 g/mol. The topological polar surface area (TPSA) is 117 Å². The Balaban J connectivity index is 2.20. The first-order valence-corrected chi connectivity index (χ1v) is 6.60. The van der Waals surface area contributed by atoms with Crippen LogP contribution in [0.2, 0.25) is 0 Å². The van der Waals surface area contributed by atoms with Crippen molar-refractivity contribution in [3.63, 3.8) is 0 Å². The molecule has 1 aromatic heterocycles. The Kier molecular flexibility index (Phi) is 5.37. The van der Waals surface area contributed by atoms with Gasteiger partial charge in [-0.25, -0.2) is 9.97 Å². The van der Waals surface area contributed by atoms with Crippen LogP contribution in [0.15, 0.2) is 12.3 Å². The normalized spacial score (nSPS) is 31.9. The van der Waals surface area contributed by atoms with E-state index in [4.69, 9.17) is 14.6 Å². The molecule has 0 spiro atoms. The van der Waals surface area contributed by atoms with Crippen molar-refractivity contribution >= 4 is 5.95 Å². The number of nitrogens with one attached hydrogen (secondary N) is 1. The lowest BCUT2D eigenvalue weighted by Crippen LogP contribution is -2.61. The molecule has 1 aliphatic heterocycles. The zero-order chi connectivity index (χ0) is 17.2. The van der Waals surface area contributed by atoms with Gasteiger partial charge in [0.25, 0.3) is 0 Å². The Labute approximate surface area is 128 Å². The second-order valence-corrected chi connectivity index (χ2v) is 4.88. The second kappa shape index (κ2) is 6.93. The summed E-state index contributed by atoms with van der Waals surface area (Å²) in [7, 11) is 1.24. The van der Waals surface area contributed by atoms with Crippen LogP contribution in [0.4, 0.5) is 19.1 Å². The number of hydrogen-bond donors (Lipinski definition) is 4. The number of aliphatic hydroxyl groups excluding tert-OH is 3. The molecule has 0 amide bonds. The molecule has 1 fully saturated rings. The standard InChI is InChI=1S/C12H16F3N3O5/c1-22-10-7(9(21)8(20)5(4-19)23-10)18-11-16-3-2-6(17-11)12(13,14)15/h2-3,5,7-10,19-21H,4H2,1H3,(H,16,17,18)/t5-,7-,8+,9-,10-/m1/s1. The highest BCUT2D eigenvalue weighted by Gasteiger charge is 2.45. The lowest BCUT2D eigenvalue weighted by Gasteiger charge is -2.41. The van der Waals surface area contributed by atoms with Crippen molar-refractivity contribution in [3.8, 4) is 0 Å². The molecular weight excluding hydrogens is 323 g/mol. The molecule has 8 nitrogen and oxygen atoms in total. The van der Waals surface area contributed by atoms with E-state index in [1.54, 1.807) is 0 Å². The first kappa shape index (κ1) is 17.8. The summed E-state index contributed by atoms with van der Waals surface area (Å²) >= 11 is 0. The molecule has 1 aromatic rings.